The summed E-state index contributed by atoms with van der Waals surface area (Å²) in [4.78, 5) is 184. The molecule has 4 fully saturated rings. The largest absolute Gasteiger partial charge is 0.497 e. The topological polar surface area (TPSA) is 556 Å². The molecule has 0 saturated carbocycles. The number of sulfonamides is 2. The van der Waals surface area contributed by atoms with Crippen molar-refractivity contribution < 1.29 is 113 Å². The molecule has 136 heavy (non-hydrogen) atoms. The highest BCUT2D eigenvalue weighted by Crippen LogP contribution is 2.34. The Bertz CT molecular complexity index is 6970. The molecule has 1 aromatic heterocycles. The average molecular weight is 1890 g/mol. The number of ether oxygens (including phenoxy) is 4. The number of nitrogens with one attached hydrogen (secondary N) is 10. The number of imide groups is 4. The predicted molar refractivity (Wildman–Crippen MR) is 481 cm³/mol. The van der Waals surface area contributed by atoms with Gasteiger partial charge in [0, 0.05) is 106 Å². The first-order valence-corrected chi connectivity index (χ1v) is 44.5. The predicted octanol–water partition coefficient (Wildman–Crippen LogP) is 2.88. The molecule has 0 spiro atoms. The van der Waals surface area contributed by atoms with Gasteiger partial charge in [0.05, 0.1) is 78.1 Å². The van der Waals surface area contributed by atoms with Crippen molar-refractivity contribution in [1.82, 2.24) is 76.6 Å². The molecular formula is C93H83N17O24S2. The maximum atomic E-state index is 13.0. The Morgan fingerprint density at radius 3 is 0.985 bits per heavy atom. The zero-order valence-electron chi connectivity index (χ0n) is 73.5. The number of oxime groups is 2. The van der Waals surface area contributed by atoms with E-state index in [1.54, 1.807) is 98.8 Å². The van der Waals surface area contributed by atoms with E-state index in [1.165, 1.54) is 116 Å². The first-order chi connectivity index (χ1) is 64.7. The molecule has 4 atom stereocenters. The van der Waals surface area contributed by atoms with E-state index in [-0.39, 0.29) is 86.3 Å². The van der Waals surface area contributed by atoms with Gasteiger partial charge in [0.2, 0.25) is 42.2 Å². The lowest BCUT2D eigenvalue weighted by Crippen LogP contribution is -2.54. The average Bonchev–Trinajstić information content (AvgIpc) is 1.63. The van der Waals surface area contributed by atoms with E-state index in [0.29, 0.717) is 97.5 Å². The van der Waals surface area contributed by atoms with Crippen LogP contribution in [-0.2, 0) is 71.8 Å². The summed E-state index contributed by atoms with van der Waals surface area (Å²) in [7, 11) is -1.40. The fraction of sp³-hybridized carbons (Fsp3) is 0.237. The Morgan fingerprint density at radius 2 is 0.713 bits per heavy atom. The lowest BCUT2D eigenvalue weighted by atomic mass is 9.98. The van der Waals surface area contributed by atoms with E-state index < -0.39 is 102 Å². The van der Waals surface area contributed by atoms with Crippen molar-refractivity contribution >= 4 is 115 Å². The van der Waals surface area contributed by atoms with Crippen LogP contribution in [0.2, 0.25) is 0 Å². The standard InChI is InChI=1S/C24H22N4O7S.C24H22N4O5.C23H20N4O7S.C22H19N5O5/c1-3-36(33,34)27-20(29)16-6-4-15(5-7-16)10-11-24(22(31)25-23(32)26-24)14-28-13-17-8-9-18(35-2)12-19(17)21(28)30;1-15(27-32)11-17-5-3-16(4-6-17)9-10-24(22(30)25-23(31)26-24)14-28-13-18-7-8-19(33-2)12-20(18)21(28)29;1-34-17-8-7-16-12-27(20(29)18(16)11-17)13-23(21(30)24-22(31)25-23)10-9-14-3-5-15(6-4-14)19(28)26-35(2,32)33;1-13(26-31)16-7-14(9-23-10-16)5-6-22(20(29)24-21(30)25-22)12-27-11-15-3-4-17(32-2)8-18(15)19(27)28/h4-9,12H,3,13-14H2,1-2H3,(H,27,29)(H2,25,26,31,32);3-8,12,32H,11,13-14H2,1-2H3,(H2,25,26,30,31);3-8,11H,12-13H2,1-2H3,(H,26,28)(H2,24,25,30,31);3-4,7-10,31H,11-12H2,1-2H3,(H2,24,25,29,30)/t2*24-;23-;22-/m1111/s1. The van der Waals surface area contributed by atoms with Crippen molar-refractivity contribution in [3.8, 4) is 70.4 Å². The number of pyridine rings is 1. The van der Waals surface area contributed by atoms with E-state index in [9.17, 15) is 84.0 Å². The summed E-state index contributed by atoms with van der Waals surface area (Å²) in [6, 6.07) is 38.1. The maximum Gasteiger partial charge on any atom is 0.323 e. The third-order valence-electron chi connectivity index (χ3n) is 22.0. The summed E-state index contributed by atoms with van der Waals surface area (Å²) >= 11 is 0. The van der Waals surface area contributed by atoms with Crippen LogP contribution in [0.1, 0.15) is 139 Å². The van der Waals surface area contributed by atoms with E-state index in [0.717, 1.165) is 34.1 Å². The van der Waals surface area contributed by atoms with Gasteiger partial charge in [-0.05, 0) is 164 Å². The molecule has 4 saturated heterocycles. The summed E-state index contributed by atoms with van der Waals surface area (Å²) in [5.41, 5.74) is 2.89. The number of carbonyl (C=O) groups excluding carboxylic acids is 14. The number of hydrogen-bond acceptors (Lipinski definition) is 27. The summed E-state index contributed by atoms with van der Waals surface area (Å²) in [6.45, 7) is 5.13. The summed E-state index contributed by atoms with van der Waals surface area (Å²) < 4.78 is 70.2. The van der Waals surface area contributed by atoms with Gasteiger partial charge in [0.15, 0.2) is 0 Å². The molecule has 16 rings (SSSR count). The van der Waals surface area contributed by atoms with Crippen molar-refractivity contribution in [2.24, 2.45) is 10.3 Å². The van der Waals surface area contributed by atoms with Gasteiger partial charge in [-0.2, -0.15) is 0 Å². The van der Waals surface area contributed by atoms with Gasteiger partial charge in [-0.3, -0.25) is 74.2 Å². The van der Waals surface area contributed by atoms with E-state index in [1.807, 2.05) is 27.6 Å². The zero-order valence-corrected chi connectivity index (χ0v) is 75.1. The number of benzene rings is 7. The van der Waals surface area contributed by atoms with E-state index in [2.05, 4.69) is 105 Å². The molecule has 18 amide bonds. The molecule has 696 valence electrons. The second-order valence-corrected chi connectivity index (χ2v) is 35.3. The Morgan fingerprint density at radius 1 is 0.412 bits per heavy atom. The highest BCUT2D eigenvalue weighted by atomic mass is 32.2. The molecule has 0 aliphatic carbocycles. The number of fused-ring (bicyclic) bond motifs is 4. The molecule has 8 aromatic rings. The van der Waals surface area contributed by atoms with Crippen LogP contribution in [0.3, 0.4) is 0 Å². The second kappa shape index (κ2) is 39.7. The normalized spacial score (nSPS) is 19.1. The molecule has 7 aromatic carbocycles. The quantitative estimate of drug-likeness (QED) is 0.0172. The Hall–Kier alpha value is -17.5. The molecule has 9 heterocycles. The van der Waals surface area contributed by atoms with Crippen LogP contribution in [0.25, 0.3) is 0 Å². The fourth-order valence-electron chi connectivity index (χ4n) is 14.9. The van der Waals surface area contributed by atoms with Crippen molar-refractivity contribution in [1.29, 1.82) is 0 Å². The van der Waals surface area contributed by atoms with E-state index >= 15 is 0 Å². The van der Waals surface area contributed by atoms with Crippen LogP contribution in [0.5, 0.6) is 23.0 Å². The van der Waals surface area contributed by atoms with Crippen LogP contribution >= 0.6 is 0 Å². The number of urea groups is 4. The van der Waals surface area contributed by atoms with Gasteiger partial charge in [-0.1, -0.05) is 94.1 Å². The number of aromatic nitrogens is 1. The lowest BCUT2D eigenvalue weighted by Gasteiger charge is -2.26. The van der Waals surface area contributed by atoms with Crippen LogP contribution in [0, 0.1) is 47.4 Å². The molecule has 0 radical (unpaired) electrons. The number of rotatable bonds is 20. The Kier molecular flexibility index (Phi) is 28.1. The van der Waals surface area contributed by atoms with Gasteiger partial charge in [0.25, 0.3) is 59.1 Å². The zero-order chi connectivity index (χ0) is 97.9. The van der Waals surface area contributed by atoms with Crippen molar-refractivity contribution in [2.45, 2.75) is 75.5 Å². The number of amides is 18. The van der Waals surface area contributed by atoms with Crippen molar-refractivity contribution in [3.63, 3.8) is 0 Å². The third-order valence-corrected chi connectivity index (χ3v) is 23.8. The van der Waals surface area contributed by atoms with Crippen molar-refractivity contribution in [3.05, 3.63) is 253 Å². The molecular weight excluding hydrogens is 1800 g/mol. The first kappa shape index (κ1) is 96.1. The van der Waals surface area contributed by atoms with Gasteiger partial charge >= 0.3 is 24.1 Å². The highest BCUT2D eigenvalue weighted by molar-refractivity contribution is 7.90. The number of nitrogens with zero attached hydrogens (tertiary/aromatic N) is 7. The van der Waals surface area contributed by atoms with Crippen LogP contribution < -0.4 is 70.9 Å². The van der Waals surface area contributed by atoms with Gasteiger partial charge in [0.1, 0.15) is 23.0 Å². The molecule has 8 aliphatic rings. The van der Waals surface area contributed by atoms with Crippen LogP contribution in [0.4, 0.5) is 19.2 Å². The van der Waals surface area contributed by atoms with Crippen LogP contribution in [-0.4, -0.2) is 235 Å². The molecule has 0 unspecified atom stereocenters. The van der Waals surface area contributed by atoms with Crippen LogP contribution in [0.15, 0.2) is 174 Å². The smallest absolute Gasteiger partial charge is 0.323 e. The summed E-state index contributed by atoms with van der Waals surface area (Å²) in [5.74, 6) is 19.1. The lowest BCUT2D eigenvalue weighted by molar-refractivity contribution is -0.123. The maximum absolute atomic E-state index is 13.0. The minimum atomic E-state index is -3.71. The summed E-state index contributed by atoms with van der Waals surface area (Å²) in [5, 5.41) is 43.0. The molecule has 41 nitrogen and oxygen atoms in total. The first-order valence-electron chi connectivity index (χ1n) is 40.9. The third kappa shape index (κ3) is 21.7. The SMILES string of the molecule is CCS(=O)(=O)NC(=O)c1ccc(C#C[C@]2(CN3Cc4ccc(OC)cc4C3=O)NC(=O)NC2=O)cc1.COc1ccc2c(c1)C(=O)N(C[C@@]1(C#Cc3ccc(C(=O)NS(C)(=O)=O)cc3)NC(=O)NC1=O)C2.COc1ccc2c(c1)C(=O)N(C[C@@]1(C#Cc3ccc(CC(C)=NO)cc3)NC(=O)NC1=O)C2.COc1ccc2c(c1)C(=O)N(C[C@@]1(C#Cc3cncc(C(C)=NO)c3)NC(=O)NC1=O)C2. The fourth-order valence-corrected chi connectivity index (χ4v) is 15.9. The molecule has 0 bridgehead atoms. The molecule has 12 N–H and O–H groups in total. The van der Waals surface area contributed by atoms with Gasteiger partial charge in [-0.15, -0.1) is 0 Å². The highest BCUT2D eigenvalue weighted by Gasteiger charge is 2.53. The van der Waals surface area contributed by atoms with Crippen molar-refractivity contribution in [2.75, 3.05) is 66.6 Å². The second-order valence-electron chi connectivity index (χ2n) is 31.5. The van der Waals surface area contributed by atoms with Gasteiger partial charge in [-0.25, -0.2) is 45.5 Å². The Labute approximate surface area is 776 Å². The monoisotopic (exact) mass is 1890 g/mol. The minimum Gasteiger partial charge on any atom is -0.497 e. The number of hydrogen-bond donors (Lipinski definition) is 12. The number of carbonyl (C=O) groups is 14. The molecule has 43 heteroatoms. The minimum absolute atomic E-state index is 0.0958. The number of methoxy groups -OCH3 is 4. The summed E-state index contributed by atoms with van der Waals surface area (Å²) in [6.07, 6.45) is 4.35. The Balaban J connectivity index is 0.000000154. The molecule has 8 aliphatic heterocycles. The van der Waals surface area contributed by atoms with E-state index in [4.69, 9.17) is 29.4 Å². The van der Waals surface area contributed by atoms with Gasteiger partial charge < -0.3 is 70.2 Å².